The third kappa shape index (κ3) is 6.64. The number of alkyl halides is 1. The van der Waals surface area contributed by atoms with E-state index in [0.717, 1.165) is 19.1 Å². The second-order valence-electron chi connectivity index (χ2n) is 1.70. The Bertz CT molecular complexity index is 62.9. The van der Waals surface area contributed by atoms with Crippen LogP contribution in [-0.2, 0) is 4.43 Å². The standard InChI is InChI=1S/C5H12Cl2OSi/c1-2-8-9(7)5-3-4-6/h9H,2-5H2,1H3. The van der Waals surface area contributed by atoms with Gasteiger partial charge in [-0.05, 0) is 19.4 Å². The Kier molecular flexibility index (Phi) is 7.45. The summed E-state index contributed by atoms with van der Waals surface area (Å²) in [5.41, 5.74) is 0. The molecule has 0 aromatic rings. The zero-order valence-electron chi connectivity index (χ0n) is 5.57. The van der Waals surface area contributed by atoms with E-state index in [1.165, 1.54) is 0 Å². The Hall–Kier alpha value is 0.757. The van der Waals surface area contributed by atoms with Crippen molar-refractivity contribution in [1.82, 2.24) is 0 Å². The summed E-state index contributed by atoms with van der Waals surface area (Å²) in [4.78, 5) is 0. The van der Waals surface area contributed by atoms with Gasteiger partial charge in [0.2, 0.25) is 0 Å². The van der Waals surface area contributed by atoms with Crippen molar-refractivity contribution in [3.05, 3.63) is 0 Å². The molecule has 0 rings (SSSR count). The second kappa shape index (κ2) is 6.87. The molecule has 0 saturated heterocycles. The zero-order chi connectivity index (χ0) is 7.11. The molecule has 56 valence electrons. The molecular weight excluding hydrogens is 175 g/mol. The average molecular weight is 187 g/mol. The van der Waals surface area contributed by atoms with Gasteiger partial charge >= 0.3 is 0 Å². The quantitative estimate of drug-likeness (QED) is 0.364. The van der Waals surface area contributed by atoms with Crippen molar-refractivity contribution in [3.63, 3.8) is 0 Å². The molecule has 0 saturated carbocycles. The molecule has 4 heteroatoms. The predicted molar refractivity (Wildman–Crippen MR) is 44.8 cm³/mol. The lowest BCUT2D eigenvalue weighted by Gasteiger charge is -2.04. The highest BCUT2D eigenvalue weighted by atomic mass is 35.6. The zero-order valence-corrected chi connectivity index (χ0v) is 8.24. The Morgan fingerprint density at radius 1 is 1.56 bits per heavy atom. The Labute approximate surface area is 67.7 Å². The van der Waals surface area contributed by atoms with E-state index in [9.17, 15) is 0 Å². The maximum Gasteiger partial charge on any atom is 0.274 e. The fourth-order valence-electron chi connectivity index (χ4n) is 0.502. The number of hydrogen-bond acceptors (Lipinski definition) is 1. The van der Waals surface area contributed by atoms with E-state index >= 15 is 0 Å². The van der Waals surface area contributed by atoms with Crippen LogP contribution in [0, 0.1) is 0 Å². The van der Waals surface area contributed by atoms with Crippen LogP contribution in [-0.4, -0.2) is 20.8 Å². The van der Waals surface area contributed by atoms with E-state index in [1.807, 2.05) is 6.92 Å². The lowest BCUT2D eigenvalue weighted by atomic mass is 10.6. The smallest absolute Gasteiger partial charge is 0.274 e. The van der Waals surface area contributed by atoms with Gasteiger partial charge in [0.15, 0.2) is 0 Å². The molecule has 1 unspecified atom stereocenters. The molecule has 0 amide bonds. The summed E-state index contributed by atoms with van der Waals surface area (Å²) in [5, 5.41) is 0. The molecule has 0 bridgehead atoms. The lowest BCUT2D eigenvalue weighted by Crippen LogP contribution is -2.09. The Morgan fingerprint density at radius 2 is 2.22 bits per heavy atom. The molecule has 0 aromatic carbocycles. The first-order valence-corrected chi connectivity index (χ1v) is 6.69. The van der Waals surface area contributed by atoms with Crippen LogP contribution in [0.1, 0.15) is 13.3 Å². The molecule has 0 N–H and O–H groups in total. The van der Waals surface area contributed by atoms with Gasteiger partial charge in [-0.1, -0.05) is 0 Å². The molecule has 9 heavy (non-hydrogen) atoms. The van der Waals surface area contributed by atoms with Crippen molar-refractivity contribution in [2.24, 2.45) is 0 Å². The summed E-state index contributed by atoms with van der Waals surface area (Å²) in [7, 11) is -1.33. The molecule has 0 aliphatic heterocycles. The van der Waals surface area contributed by atoms with Crippen molar-refractivity contribution in [2.75, 3.05) is 12.5 Å². The van der Waals surface area contributed by atoms with Crippen LogP contribution in [0.2, 0.25) is 6.04 Å². The van der Waals surface area contributed by atoms with Crippen LogP contribution in [0.3, 0.4) is 0 Å². The van der Waals surface area contributed by atoms with Crippen molar-refractivity contribution >= 4 is 31.0 Å². The number of hydrogen-bond donors (Lipinski definition) is 0. The molecule has 0 heterocycles. The van der Waals surface area contributed by atoms with Gasteiger partial charge in [0.25, 0.3) is 8.35 Å². The van der Waals surface area contributed by atoms with Crippen LogP contribution < -0.4 is 0 Å². The normalized spacial score (nSPS) is 13.7. The molecule has 0 fully saturated rings. The third-order valence-electron chi connectivity index (χ3n) is 0.912. The minimum absolute atomic E-state index is 0.698. The summed E-state index contributed by atoms with van der Waals surface area (Å²) >= 11 is 11.3. The fraction of sp³-hybridized carbons (Fsp3) is 1.00. The summed E-state index contributed by atoms with van der Waals surface area (Å²) in [6, 6.07) is 0.985. The first-order valence-electron chi connectivity index (χ1n) is 3.13. The number of halogens is 2. The first-order chi connectivity index (χ1) is 4.31. The van der Waals surface area contributed by atoms with E-state index < -0.39 is 8.35 Å². The van der Waals surface area contributed by atoms with E-state index in [1.54, 1.807) is 0 Å². The van der Waals surface area contributed by atoms with E-state index in [-0.39, 0.29) is 0 Å². The largest absolute Gasteiger partial charge is 0.406 e. The van der Waals surface area contributed by atoms with Gasteiger partial charge in [0.05, 0.1) is 0 Å². The van der Waals surface area contributed by atoms with Crippen LogP contribution in [0.5, 0.6) is 0 Å². The minimum atomic E-state index is -1.33. The Morgan fingerprint density at radius 3 is 2.67 bits per heavy atom. The van der Waals surface area contributed by atoms with Crippen LogP contribution in [0.4, 0.5) is 0 Å². The highest BCUT2D eigenvalue weighted by Gasteiger charge is 2.04. The molecule has 1 nitrogen and oxygen atoms in total. The highest BCUT2D eigenvalue weighted by molar-refractivity contribution is 7.03. The predicted octanol–water partition coefficient (Wildman–Crippen LogP) is 2.11. The molecule has 0 aromatic heterocycles. The third-order valence-corrected chi connectivity index (χ3v) is 3.77. The maximum absolute atomic E-state index is 5.82. The van der Waals surface area contributed by atoms with Crippen LogP contribution in [0.15, 0.2) is 0 Å². The summed E-state index contributed by atoms with van der Waals surface area (Å²) in [6.07, 6.45) is 0.988. The molecule has 1 atom stereocenters. The van der Waals surface area contributed by atoms with Crippen molar-refractivity contribution in [2.45, 2.75) is 19.4 Å². The summed E-state index contributed by atoms with van der Waals surface area (Å²) in [6.45, 7) is 2.70. The van der Waals surface area contributed by atoms with Gasteiger partial charge in [-0.15, -0.1) is 22.7 Å². The summed E-state index contributed by atoms with van der Waals surface area (Å²) in [5.74, 6) is 0.698. The monoisotopic (exact) mass is 186 g/mol. The fourth-order valence-corrected chi connectivity index (χ4v) is 2.81. The van der Waals surface area contributed by atoms with Crippen molar-refractivity contribution in [1.29, 1.82) is 0 Å². The SMILES string of the molecule is CCO[SiH](Cl)CCCCl. The molecular formula is C5H12Cl2OSi. The van der Waals surface area contributed by atoms with Crippen LogP contribution in [0.25, 0.3) is 0 Å². The Balaban J connectivity index is 2.95. The van der Waals surface area contributed by atoms with E-state index in [4.69, 9.17) is 27.1 Å². The lowest BCUT2D eigenvalue weighted by molar-refractivity contribution is 0.354. The van der Waals surface area contributed by atoms with Crippen LogP contribution >= 0.6 is 22.7 Å². The van der Waals surface area contributed by atoms with E-state index in [2.05, 4.69) is 0 Å². The van der Waals surface area contributed by atoms with E-state index in [0.29, 0.717) is 5.88 Å². The van der Waals surface area contributed by atoms with Crippen molar-refractivity contribution < 1.29 is 4.43 Å². The minimum Gasteiger partial charge on any atom is -0.406 e. The summed E-state index contributed by atoms with van der Waals surface area (Å²) < 4.78 is 5.19. The topological polar surface area (TPSA) is 9.23 Å². The second-order valence-corrected chi connectivity index (χ2v) is 5.27. The average Bonchev–Trinajstić information content (AvgIpc) is 1.85. The van der Waals surface area contributed by atoms with Gasteiger partial charge < -0.3 is 4.43 Å². The first kappa shape index (κ1) is 9.76. The van der Waals surface area contributed by atoms with Gasteiger partial charge in [0.1, 0.15) is 0 Å². The van der Waals surface area contributed by atoms with Gasteiger partial charge in [-0.2, -0.15) is 0 Å². The van der Waals surface area contributed by atoms with Gasteiger partial charge in [0, 0.05) is 12.5 Å². The number of rotatable bonds is 5. The van der Waals surface area contributed by atoms with Gasteiger partial charge in [-0.25, -0.2) is 0 Å². The highest BCUT2D eigenvalue weighted by Crippen LogP contribution is 2.04. The molecule has 0 spiro atoms. The maximum atomic E-state index is 5.82. The molecule has 0 aliphatic rings. The van der Waals surface area contributed by atoms with Crippen molar-refractivity contribution in [3.8, 4) is 0 Å². The molecule has 0 radical (unpaired) electrons. The molecule has 0 aliphatic carbocycles. The van der Waals surface area contributed by atoms with Gasteiger partial charge in [-0.3, -0.25) is 0 Å².